The number of hydrogen-bond acceptors (Lipinski definition) is 4. The lowest BCUT2D eigenvalue weighted by Gasteiger charge is -2.20. The Hall–Kier alpha value is -2.54. The minimum absolute atomic E-state index is 0.186. The van der Waals surface area contributed by atoms with Crippen LogP contribution in [0.3, 0.4) is 0 Å². The summed E-state index contributed by atoms with van der Waals surface area (Å²) in [5.74, 6) is 0.772. The van der Waals surface area contributed by atoms with E-state index < -0.39 is 0 Å². The molecule has 0 fully saturated rings. The van der Waals surface area contributed by atoms with Crippen LogP contribution in [0.2, 0.25) is 0 Å². The fraction of sp³-hybridized carbons (Fsp3) is 0.143. The first-order valence-corrected chi connectivity index (χ1v) is 5.52. The highest BCUT2D eigenvalue weighted by atomic mass is 16.3. The largest absolute Gasteiger partial charge is 0.508 e. The number of aromatic hydroxyl groups is 1. The summed E-state index contributed by atoms with van der Waals surface area (Å²) in [4.78, 5) is 6.02. The quantitative estimate of drug-likeness (QED) is 0.875. The summed E-state index contributed by atoms with van der Waals surface area (Å²) in [5, 5.41) is 18.7. The van der Waals surface area contributed by atoms with Crippen LogP contribution >= 0.6 is 0 Å². The van der Waals surface area contributed by atoms with Gasteiger partial charge in [-0.3, -0.25) is 0 Å². The van der Waals surface area contributed by atoms with E-state index in [1.165, 1.54) is 0 Å². The fourth-order valence-electron chi connectivity index (χ4n) is 1.76. The molecule has 1 heterocycles. The summed E-state index contributed by atoms with van der Waals surface area (Å²) in [6.45, 7) is 1.88. The molecule has 0 unspecified atom stereocenters. The molecule has 90 valence electrons. The summed E-state index contributed by atoms with van der Waals surface area (Å²) in [6, 6.07) is 10.8. The number of benzene rings is 1. The van der Waals surface area contributed by atoms with Crippen LogP contribution in [0, 0.1) is 18.3 Å². The molecule has 2 aromatic rings. The van der Waals surface area contributed by atoms with Gasteiger partial charge >= 0.3 is 0 Å². The van der Waals surface area contributed by atoms with Crippen molar-refractivity contribution in [2.75, 3.05) is 11.9 Å². The Morgan fingerprint density at radius 1 is 1.33 bits per heavy atom. The van der Waals surface area contributed by atoms with Crippen molar-refractivity contribution in [3.63, 3.8) is 0 Å². The van der Waals surface area contributed by atoms with Crippen LogP contribution in [-0.2, 0) is 0 Å². The zero-order chi connectivity index (χ0) is 13.1. The molecule has 0 bridgehead atoms. The number of nitrogens with zero attached hydrogens (tertiary/aromatic N) is 3. The van der Waals surface area contributed by atoms with E-state index in [1.54, 1.807) is 35.4 Å². The molecular formula is C14H13N3O. The molecule has 18 heavy (non-hydrogen) atoms. The minimum atomic E-state index is 0.186. The summed E-state index contributed by atoms with van der Waals surface area (Å²) in [7, 11) is 1.82. The van der Waals surface area contributed by atoms with Gasteiger partial charge in [0.1, 0.15) is 11.8 Å². The standard InChI is InChI=1S/C14H13N3O/c1-10-6-7-16-14(13(10)9-15)17(2)11-4-3-5-12(18)8-11/h3-8,18H,1-2H3. The van der Waals surface area contributed by atoms with Crippen molar-refractivity contribution < 1.29 is 5.11 Å². The fourth-order valence-corrected chi connectivity index (χ4v) is 1.76. The van der Waals surface area contributed by atoms with Crippen molar-refractivity contribution in [3.8, 4) is 11.8 Å². The summed E-state index contributed by atoms with van der Waals surface area (Å²) in [5.41, 5.74) is 2.21. The maximum absolute atomic E-state index is 9.48. The minimum Gasteiger partial charge on any atom is -0.508 e. The van der Waals surface area contributed by atoms with E-state index in [1.807, 2.05) is 20.0 Å². The monoisotopic (exact) mass is 239 g/mol. The Morgan fingerprint density at radius 2 is 2.11 bits per heavy atom. The molecule has 1 aromatic carbocycles. The third-order valence-corrected chi connectivity index (χ3v) is 2.79. The highest BCUT2D eigenvalue weighted by molar-refractivity contribution is 5.67. The summed E-state index contributed by atoms with van der Waals surface area (Å²) < 4.78 is 0. The van der Waals surface area contributed by atoms with Crippen molar-refractivity contribution >= 4 is 11.5 Å². The van der Waals surface area contributed by atoms with Gasteiger partial charge in [-0.15, -0.1) is 0 Å². The molecule has 4 nitrogen and oxygen atoms in total. The highest BCUT2D eigenvalue weighted by Crippen LogP contribution is 2.28. The maximum atomic E-state index is 9.48. The molecule has 0 radical (unpaired) electrons. The second-order valence-corrected chi connectivity index (χ2v) is 4.02. The Labute approximate surface area is 106 Å². The molecule has 0 amide bonds. The molecule has 0 aliphatic carbocycles. The predicted molar refractivity (Wildman–Crippen MR) is 69.9 cm³/mol. The molecular weight excluding hydrogens is 226 g/mol. The molecule has 1 aromatic heterocycles. The second-order valence-electron chi connectivity index (χ2n) is 4.02. The van der Waals surface area contributed by atoms with E-state index in [2.05, 4.69) is 11.1 Å². The lowest BCUT2D eigenvalue weighted by Crippen LogP contribution is -2.13. The summed E-state index contributed by atoms with van der Waals surface area (Å²) >= 11 is 0. The molecule has 0 spiro atoms. The maximum Gasteiger partial charge on any atom is 0.150 e. The number of anilines is 2. The van der Waals surface area contributed by atoms with Gasteiger partial charge in [-0.05, 0) is 30.7 Å². The van der Waals surface area contributed by atoms with Gasteiger partial charge in [0, 0.05) is 25.0 Å². The number of hydrogen-bond donors (Lipinski definition) is 1. The average Bonchev–Trinajstić information content (AvgIpc) is 2.37. The van der Waals surface area contributed by atoms with Crippen LogP contribution in [-0.4, -0.2) is 17.1 Å². The SMILES string of the molecule is Cc1ccnc(N(C)c2cccc(O)c2)c1C#N. The van der Waals surface area contributed by atoms with Gasteiger partial charge in [-0.1, -0.05) is 6.07 Å². The van der Waals surface area contributed by atoms with Gasteiger partial charge in [-0.2, -0.15) is 5.26 Å². The van der Waals surface area contributed by atoms with Crippen LogP contribution in [0.4, 0.5) is 11.5 Å². The Morgan fingerprint density at radius 3 is 2.78 bits per heavy atom. The molecule has 2 rings (SSSR count). The molecule has 0 aliphatic heterocycles. The third-order valence-electron chi connectivity index (χ3n) is 2.79. The van der Waals surface area contributed by atoms with Crippen molar-refractivity contribution in [3.05, 3.63) is 47.7 Å². The normalized spacial score (nSPS) is 9.83. The Kier molecular flexibility index (Phi) is 3.16. The van der Waals surface area contributed by atoms with E-state index in [-0.39, 0.29) is 5.75 Å². The lowest BCUT2D eigenvalue weighted by atomic mass is 10.1. The second kappa shape index (κ2) is 4.76. The third kappa shape index (κ3) is 2.11. The average molecular weight is 239 g/mol. The van der Waals surface area contributed by atoms with E-state index >= 15 is 0 Å². The number of phenolic OH excluding ortho intramolecular Hbond substituents is 1. The van der Waals surface area contributed by atoms with Gasteiger partial charge < -0.3 is 10.0 Å². The molecule has 4 heteroatoms. The Bertz CT molecular complexity index is 617. The molecule has 0 atom stereocenters. The smallest absolute Gasteiger partial charge is 0.150 e. The number of aromatic nitrogens is 1. The molecule has 1 N–H and O–H groups in total. The zero-order valence-electron chi connectivity index (χ0n) is 10.3. The highest BCUT2D eigenvalue weighted by Gasteiger charge is 2.12. The first-order valence-electron chi connectivity index (χ1n) is 5.52. The van der Waals surface area contributed by atoms with Gasteiger partial charge in [-0.25, -0.2) is 4.98 Å². The number of phenols is 1. The number of rotatable bonds is 2. The van der Waals surface area contributed by atoms with Crippen LogP contribution < -0.4 is 4.90 Å². The number of aryl methyl sites for hydroxylation is 1. The van der Waals surface area contributed by atoms with Gasteiger partial charge in [0.15, 0.2) is 5.82 Å². The van der Waals surface area contributed by atoms with Crippen LogP contribution in [0.15, 0.2) is 36.5 Å². The molecule has 0 saturated heterocycles. The summed E-state index contributed by atoms with van der Waals surface area (Å²) in [6.07, 6.45) is 1.67. The van der Waals surface area contributed by atoms with E-state index in [0.29, 0.717) is 11.4 Å². The van der Waals surface area contributed by atoms with Crippen molar-refractivity contribution in [2.24, 2.45) is 0 Å². The van der Waals surface area contributed by atoms with Crippen molar-refractivity contribution in [1.29, 1.82) is 5.26 Å². The lowest BCUT2D eigenvalue weighted by molar-refractivity contribution is 0.475. The van der Waals surface area contributed by atoms with Crippen molar-refractivity contribution in [1.82, 2.24) is 4.98 Å². The van der Waals surface area contributed by atoms with Gasteiger partial charge in [0.05, 0.1) is 5.56 Å². The van der Waals surface area contributed by atoms with Crippen LogP contribution in [0.25, 0.3) is 0 Å². The van der Waals surface area contributed by atoms with Gasteiger partial charge in [0.2, 0.25) is 0 Å². The molecule has 0 saturated carbocycles. The Balaban J connectivity index is 2.50. The van der Waals surface area contributed by atoms with E-state index in [0.717, 1.165) is 11.3 Å². The van der Waals surface area contributed by atoms with E-state index in [4.69, 9.17) is 0 Å². The van der Waals surface area contributed by atoms with E-state index in [9.17, 15) is 10.4 Å². The number of nitriles is 1. The molecule has 0 aliphatic rings. The van der Waals surface area contributed by atoms with Crippen LogP contribution in [0.5, 0.6) is 5.75 Å². The first-order chi connectivity index (χ1) is 8.63. The number of pyridine rings is 1. The predicted octanol–water partition coefficient (Wildman–Crippen LogP) is 2.74. The van der Waals surface area contributed by atoms with Gasteiger partial charge in [0.25, 0.3) is 0 Å². The first kappa shape index (κ1) is 11.9. The van der Waals surface area contributed by atoms with Crippen molar-refractivity contribution in [2.45, 2.75) is 6.92 Å². The zero-order valence-corrected chi connectivity index (χ0v) is 10.3. The van der Waals surface area contributed by atoms with Crippen LogP contribution in [0.1, 0.15) is 11.1 Å². The topological polar surface area (TPSA) is 60.1 Å².